The highest BCUT2D eigenvalue weighted by Gasteiger charge is 1.94. The first-order chi connectivity index (χ1) is 5.20. The van der Waals surface area contributed by atoms with Gasteiger partial charge in [0.2, 0.25) is 0 Å². The zero-order valence-corrected chi connectivity index (χ0v) is 8.62. The Hall–Kier alpha value is 0.0200. The Morgan fingerprint density at radius 2 is 2.00 bits per heavy atom. The number of hydrogen-bond donors (Lipinski definition) is 0. The van der Waals surface area contributed by atoms with E-state index in [2.05, 4.69) is 15.9 Å². The van der Waals surface area contributed by atoms with E-state index in [1.165, 1.54) is 0 Å². The zero-order valence-electron chi connectivity index (χ0n) is 5.52. The Balaban J connectivity index is 3.04. The van der Waals surface area contributed by atoms with E-state index in [1.54, 1.807) is 6.08 Å². The molecule has 0 saturated heterocycles. The summed E-state index contributed by atoms with van der Waals surface area (Å²) in [4.78, 5) is 0. The second kappa shape index (κ2) is 4.15. The second-order valence-electron chi connectivity index (χ2n) is 1.96. The summed E-state index contributed by atoms with van der Waals surface area (Å²) in [5, 5.41) is 0.699. The van der Waals surface area contributed by atoms with Gasteiger partial charge in [-0.15, -0.1) is 0 Å². The lowest BCUT2D eigenvalue weighted by molar-refractivity contribution is 1.66. The van der Waals surface area contributed by atoms with Crippen molar-refractivity contribution in [3.8, 4) is 0 Å². The summed E-state index contributed by atoms with van der Waals surface area (Å²) in [6, 6.07) is 7.50. The first-order valence-corrected chi connectivity index (χ1v) is 4.52. The van der Waals surface area contributed by atoms with Crippen LogP contribution in [0.1, 0.15) is 5.56 Å². The molecule has 0 amide bonds. The summed E-state index contributed by atoms with van der Waals surface area (Å²) in [6.07, 6.45) is 1.75. The van der Waals surface area contributed by atoms with E-state index in [4.69, 9.17) is 23.2 Å². The Morgan fingerprint density at radius 1 is 1.36 bits per heavy atom. The summed E-state index contributed by atoms with van der Waals surface area (Å²) in [5.41, 5.74) is 0.913. The molecule has 0 fully saturated rings. The van der Waals surface area contributed by atoms with Gasteiger partial charge in [-0.2, -0.15) is 0 Å². The Bertz CT molecular complexity index is 277. The van der Waals surface area contributed by atoms with Crippen LogP contribution in [-0.4, -0.2) is 0 Å². The van der Waals surface area contributed by atoms with Gasteiger partial charge < -0.3 is 0 Å². The first-order valence-electron chi connectivity index (χ1n) is 2.97. The van der Waals surface area contributed by atoms with Crippen LogP contribution < -0.4 is 0 Å². The normalized spacial score (nSPS) is 11.7. The monoisotopic (exact) mass is 250 g/mol. The van der Waals surface area contributed by atoms with Gasteiger partial charge in [0.05, 0.1) is 3.94 Å². The summed E-state index contributed by atoms with van der Waals surface area (Å²) < 4.78 is 0.547. The van der Waals surface area contributed by atoms with Crippen molar-refractivity contribution in [3.05, 3.63) is 38.8 Å². The van der Waals surface area contributed by atoms with Crippen LogP contribution in [0.2, 0.25) is 5.02 Å². The van der Waals surface area contributed by atoms with Gasteiger partial charge >= 0.3 is 0 Å². The molecule has 1 rings (SSSR count). The number of hydrogen-bond acceptors (Lipinski definition) is 0. The molecule has 0 heterocycles. The molecule has 1 aromatic carbocycles. The molecule has 58 valence electrons. The van der Waals surface area contributed by atoms with E-state index >= 15 is 0 Å². The summed E-state index contributed by atoms with van der Waals surface area (Å²) in [5.74, 6) is 0. The van der Waals surface area contributed by atoms with Crippen LogP contribution in [0.5, 0.6) is 0 Å². The molecule has 0 aliphatic carbocycles. The van der Waals surface area contributed by atoms with Crippen molar-refractivity contribution in [3.63, 3.8) is 0 Å². The van der Waals surface area contributed by atoms with Gasteiger partial charge in [-0.3, -0.25) is 0 Å². The fourth-order valence-corrected chi connectivity index (χ4v) is 1.26. The molecule has 0 aromatic heterocycles. The molecular formula is C8H5BrCl2. The van der Waals surface area contributed by atoms with E-state index in [9.17, 15) is 0 Å². The molecule has 0 bridgehead atoms. The van der Waals surface area contributed by atoms with E-state index in [0.717, 1.165) is 5.56 Å². The average molecular weight is 252 g/mol. The van der Waals surface area contributed by atoms with Crippen molar-refractivity contribution in [2.24, 2.45) is 0 Å². The summed E-state index contributed by atoms with van der Waals surface area (Å²) in [7, 11) is 0. The standard InChI is InChI=1S/C8H5BrCl2/c9-8(11)5-6-3-1-2-4-7(6)10/h1-5H. The first kappa shape index (κ1) is 9.11. The molecule has 0 spiro atoms. The highest BCUT2D eigenvalue weighted by Crippen LogP contribution is 2.21. The maximum Gasteiger partial charge on any atom is 0.0840 e. The lowest BCUT2D eigenvalue weighted by Gasteiger charge is -1.95. The summed E-state index contributed by atoms with van der Waals surface area (Å²) >= 11 is 14.6. The minimum atomic E-state index is 0.547. The van der Waals surface area contributed by atoms with Crippen LogP contribution in [0.25, 0.3) is 6.08 Å². The van der Waals surface area contributed by atoms with Crippen molar-refractivity contribution in [1.29, 1.82) is 0 Å². The second-order valence-corrected chi connectivity index (χ2v) is 4.08. The molecule has 0 saturated carbocycles. The van der Waals surface area contributed by atoms with Gasteiger partial charge in [-0.1, -0.05) is 41.4 Å². The van der Waals surface area contributed by atoms with Crippen molar-refractivity contribution in [2.75, 3.05) is 0 Å². The van der Waals surface area contributed by atoms with E-state index in [-0.39, 0.29) is 0 Å². The summed E-state index contributed by atoms with van der Waals surface area (Å²) in [6.45, 7) is 0. The molecule has 0 atom stereocenters. The Morgan fingerprint density at radius 3 is 2.55 bits per heavy atom. The molecule has 11 heavy (non-hydrogen) atoms. The maximum atomic E-state index is 5.84. The lowest BCUT2D eigenvalue weighted by Crippen LogP contribution is -1.72. The van der Waals surface area contributed by atoms with Crippen molar-refractivity contribution < 1.29 is 0 Å². The molecule has 0 aliphatic rings. The predicted molar refractivity (Wildman–Crippen MR) is 54.2 cm³/mol. The van der Waals surface area contributed by atoms with Crippen LogP contribution in [0.3, 0.4) is 0 Å². The van der Waals surface area contributed by atoms with Crippen LogP contribution in [-0.2, 0) is 0 Å². The van der Waals surface area contributed by atoms with E-state index < -0.39 is 0 Å². The SMILES string of the molecule is ClC(Br)=Cc1ccccc1Cl. The fraction of sp³-hybridized carbons (Fsp3) is 0. The van der Waals surface area contributed by atoms with Gasteiger partial charge in [0.25, 0.3) is 0 Å². The molecule has 0 nitrogen and oxygen atoms in total. The average Bonchev–Trinajstić information content (AvgIpc) is 1.93. The van der Waals surface area contributed by atoms with Crippen LogP contribution in [0.15, 0.2) is 28.2 Å². The minimum Gasteiger partial charge on any atom is -0.0837 e. The van der Waals surface area contributed by atoms with Gasteiger partial charge in [-0.25, -0.2) is 0 Å². The van der Waals surface area contributed by atoms with Gasteiger partial charge in [0, 0.05) is 5.02 Å². The molecule has 0 aliphatic heterocycles. The molecule has 3 heteroatoms. The molecule has 1 aromatic rings. The molecular weight excluding hydrogens is 247 g/mol. The highest BCUT2D eigenvalue weighted by molar-refractivity contribution is 9.12. The third-order valence-electron chi connectivity index (χ3n) is 1.17. The Labute approximate surface area is 83.9 Å². The highest BCUT2D eigenvalue weighted by atomic mass is 79.9. The number of rotatable bonds is 1. The largest absolute Gasteiger partial charge is 0.0840 e. The molecule has 0 N–H and O–H groups in total. The fourth-order valence-electron chi connectivity index (χ4n) is 0.710. The van der Waals surface area contributed by atoms with Crippen molar-refractivity contribution in [2.45, 2.75) is 0 Å². The third kappa shape index (κ3) is 2.86. The van der Waals surface area contributed by atoms with Crippen LogP contribution in [0.4, 0.5) is 0 Å². The lowest BCUT2D eigenvalue weighted by atomic mass is 10.2. The van der Waals surface area contributed by atoms with Gasteiger partial charge in [-0.05, 0) is 33.6 Å². The molecule has 0 unspecified atom stereocenters. The van der Waals surface area contributed by atoms with Crippen LogP contribution >= 0.6 is 39.1 Å². The van der Waals surface area contributed by atoms with Crippen LogP contribution in [0, 0.1) is 0 Å². The molecule has 0 radical (unpaired) electrons. The van der Waals surface area contributed by atoms with Crippen molar-refractivity contribution >= 4 is 45.2 Å². The smallest absolute Gasteiger partial charge is 0.0837 e. The third-order valence-corrected chi connectivity index (χ3v) is 1.85. The van der Waals surface area contributed by atoms with E-state index in [0.29, 0.717) is 8.96 Å². The quantitative estimate of drug-likeness (QED) is 0.699. The maximum absolute atomic E-state index is 5.84. The number of halogens is 3. The zero-order chi connectivity index (χ0) is 8.27. The van der Waals surface area contributed by atoms with Gasteiger partial charge in [0.1, 0.15) is 0 Å². The van der Waals surface area contributed by atoms with Crippen molar-refractivity contribution in [1.82, 2.24) is 0 Å². The van der Waals surface area contributed by atoms with E-state index in [1.807, 2.05) is 24.3 Å². The number of benzene rings is 1. The predicted octanol–water partition coefficient (Wildman–Crippen LogP) is 4.27. The topological polar surface area (TPSA) is 0 Å². The van der Waals surface area contributed by atoms with Gasteiger partial charge in [0.15, 0.2) is 0 Å². The minimum absolute atomic E-state index is 0.547. The Kier molecular flexibility index (Phi) is 3.44.